The molecule has 0 aliphatic carbocycles. The van der Waals surface area contributed by atoms with Crippen molar-refractivity contribution >= 4 is 27.3 Å². The quantitative estimate of drug-likeness (QED) is 0.313. The van der Waals surface area contributed by atoms with Crippen molar-refractivity contribution < 1.29 is 31.5 Å². The Balaban J connectivity index is 1.34. The Kier molecular flexibility index (Phi) is 8.04. The van der Waals surface area contributed by atoms with Crippen LogP contribution in [0.5, 0.6) is 0 Å². The van der Waals surface area contributed by atoms with Gasteiger partial charge in [0.05, 0.1) is 11.1 Å². The second kappa shape index (κ2) is 11.4. The van der Waals surface area contributed by atoms with Gasteiger partial charge in [-0.2, -0.15) is 21.6 Å². The fourth-order valence-corrected chi connectivity index (χ4v) is 7.22. The van der Waals surface area contributed by atoms with E-state index in [2.05, 4.69) is 9.88 Å². The summed E-state index contributed by atoms with van der Waals surface area (Å²) >= 11 is 0. The molecule has 12 heteroatoms. The molecule has 0 bridgehead atoms. The monoisotopic (exact) mass is 600 g/mol. The number of anilines is 1. The van der Waals surface area contributed by atoms with Crippen LogP contribution < -0.4 is 4.90 Å². The molecule has 2 aromatic carbocycles. The first-order chi connectivity index (χ1) is 19.9. The van der Waals surface area contributed by atoms with Gasteiger partial charge in [0.2, 0.25) is 5.78 Å². The molecule has 42 heavy (non-hydrogen) atoms. The summed E-state index contributed by atoms with van der Waals surface area (Å²) in [5, 5.41) is 10.9. The highest BCUT2D eigenvalue weighted by molar-refractivity contribution is 7.89. The fraction of sp³-hybridized carbons (Fsp3) is 0.333. The predicted molar refractivity (Wildman–Crippen MR) is 153 cm³/mol. The minimum Gasteiger partial charge on any atom is -0.505 e. The average molecular weight is 601 g/mol. The summed E-state index contributed by atoms with van der Waals surface area (Å²) in [6, 6.07) is 15.2. The minimum absolute atomic E-state index is 0.0416. The number of allylic oxidation sites excluding steroid dienone is 1. The largest absolute Gasteiger partial charge is 0.505 e. The van der Waals surface area contributed by atoms with E-state index in [0.29, 0.717) is 61.7 Å². The maximum atomic E-state index is 13.8. The fourth-order valence-electron chi connectivity index (χ4n) is 5.46. The maximum Gasteiger partial charge on any atom is 0.416 e. The van der Waals surface area contributed by atoms with Crippen molar-refractivity contribution in [1.29, 1.82) is 0 Å². The van der Waals surface area contributed by atoms with Crippen LogP contribution in [0.3, 0.4) is 0 Å². The summed E-state index contributed by atoms with van der Waals surface area (Å²) in [6.07, 6.45) is -4.06. The van der Waals surface area contributed by atoms with Crippen molar-refractivity contribution in [2.45, 2.75) is 31.5 Å². The number of sulfonamides is 1. The molecule has 0 spiro atoms. The molecule has 0 unspecified atom stereocenters. The number of aromatic nitrogens is 1. The third kappa shape index (κ3) is 5.73. The number of carbonyl (C=O) groups excluding carboxylic acids is 1. The van der Waals surface area contributed by atoms with Crippen LogP contribution in [0.1, 0.15) is 39.2 Å². The van der Waals surface area contributed by atoms with Gasteiger partial charge in [-0.15, -0.1) is 0 Å². The number of alkyl halides is 3. The highest BCUT2D eigenvalue weighted by atomic mass is 32.2. The van der Waals surface area contributed by atoms with Crippen molar-refractivity contribution in [2.75, 3.05) is 44.2 Å². The number of nitrogens with zero attached hydrogens (tertiary/aromatic N) is 4. The Bertz CT molecular complexity index is 1630. The van der Waals surface area contributed by atoms with Crippen LogP contribution in [0, 0.1) is 13.8 Å². The van der Waals surface area contributed by atoms with Crippen LogP contribution in [0.4, 0.5) is 18.9 Å². The van der Waals surface area contributed by atoms with E-state index in [-0.39, 0.29) is 22.8 Å². The Hall–Kier alpha value is -3.90. The Labute approximate surface area is 242 Å². The van der Waals surface area contributed by atoms with Crippen LogP contribution in [-0.4, -0.2) is 72.8 Å². The number of halogens is 3. The molecule has 1 fully saturated rings. The number of rotatable bonds is 6. The predicted octanol–water partition coefficient (Wildman–Crippen LogP) is 5.04. The van der Waals surface area contributed by atoms with Crippen molar-refractivity contribution in [3.8, 4) is 0 Å². The summed E-state index contributed by atoms with van der Waals surface area (Å²) in [7, 11) is -4.26. The SMILES string of the molecule is Cc1cc(C)c2c(n1)S(=O)(=O)N(CCCN1CCN(c3cccc(C(F)(F)F)c3)CC1)/C(=C(\O)c1ccccc1)C2=O. The van der Waals surface area contributed by atoms with Crippen molar-refractivity contribution in [2.24, 2.45) is 0 Å². The zero-order valence-electron chi connectivity index (χ0n) is 23.2. The molecule has 3 heterocycles. The number of aliphatic hydroxyl groups excluding tert-OH is 1. The molecule has 2 aliphatic heterocycles. The van der Waals surface area contributed by atoms with Gasteiger partial charge < -0.3 is 10.0 Å². The summed E-state index contributed by atoms with van der Waals surface area (Å²) in [6.45, 7) is 5.89. The summed E-state index contributed by atoms with van der Waals surface area (Å²) in [5.74, 6) is -1.04. The second-order valence-corrected chi connectivity index (χ2v) is 12.2. The number of Topliss-reactive ketones (excluding diaryl/α,β-unsaturated/α-hetero) is 1. The Morgan fingerprint density at radius 3 is 2.31 bits per heavy atom. The number of hydrogen-bond donors (Lipinski definition) is 1. The first kappa shape index (κ1) is 29.6. The molecule has 0 amide bonds. The zero-order valence-corrected chi connectivity index (χ0v) is 24.0. The van der Waals surface area contributed by atoms with Crippen LogP contribution in [0.25, 0.3) is 5.76 Å². The van der Waals surface area contributed by atoms with Crippen LogP contribution >= 0.6 is 0 Å². The van der Waals surface area contributed by atoms with Gasteiger partial charge >= 0.3 is 6.18 Å². The van der Waals surface area contributed by atoms with E-state index in [9.17, 15) is 31.5 Å². The zero-order chi connectivity index (χ0) is 30.2. The molecule has 0 radical (unpaired) electrons. The third-order valence-corrected chi connectivity index (χ3v) is 9.29. The molecule has 1 aromatic heterocycles. The van der Waals surface area contributed by atoms with Gasteiger partial charge in [0, 0.05) is 56.2 Å². The standard InChI is InChI=1S/C30H31F3N4O4S/c1-20-18-21(2)34-29-25(20)28(39)26(27(38)22-8-4-3-5-9-22)37(42(29,40)41)13-7-12-35-14-16-36(17-15-35)24-11-6-10-23(19-24)30(31,32)33/h3-6,8-11,18-19,38H,7,12-17H2,1-2H3/b27-26-. The number of pyridine rings is 1. The molecule has 8 nitrogen and oxygen atoms in total. The molecule has 0 atom stereocenters. The lowest BCUT2D eigenvalue weighted by molar-refractivity contribution is -0.137. The lowest BCUT2D eigenvalue weighted by Crippen LogP contribution is -2.47. The average Bonchev–Trinajstić information content (AvgIpc) is 2.95. The van der Waals surface area contributed by atoms with E-state index in [1.54, 1.807) is 56.3 Å². The highest BCUT2D eigenvalue weighted by Crippen LogP contribution is 2.36. The van der Waals surface area contributed by atoms with Gasteiger partial charge in [-0.25, -0.2) is 4.98 Å². The number of aliphatic hydroxyl groups is 1. The molecule has 2 aliphatic rings. The molecular weight excluding hydrogens is 569 g/mol. The van der Waals surface area contributed by atoms with Crippen LogP contribution in [0.2, 0.25) is 0 Å². The number of piperazine rings is 1. The molecule has 222 valence electrons. The topological polar surface area (TPSA) is 94.1 Å². The van der Waals surface area contributed by atoms with Crippen LogP contribution in [-0.2, 0) is 16.2 Å². The smallest absolute Gasteiger partial charge is 0.416 e. The van der Waals surface area contributed by atoms with E-state index in [0.717, 1.165) is 16.4 Å². The normalized spacial score (nSPS) is 18.6. The number of carbonyl (C=O) groups is 1. The van der Waals surface area contributed by atoms with Gasteiger partial charge in [-0.05, 0) is 50.1 Å². The van der Waals surface area contributed by atoms with Crippen molar-refractivity contribution in [3.05, 3.63) is 94.3 Å². The Morgan fingerprint density at radius 1 is 0.952 bits per heavy atom. The second-order valence-electron chi connectivity index (χ2n) is 10.5. The molecule has 3 aromatic rings. The van der Waals surface area contributed by atoms with Gasteiger partial charge in [-0.1, -0.05) is 36.4 Å². The first-order valence-electron chi connectivity index (χ1n) is 13.6. The maximum absolute atomic E-state index is 13.8. The molecule has 5 rings (SSSR count). The summed E-state index contributed by atoms with van der Waals surface area (Å²) in [5.41, 5.74) is 0.697. The van der Waals surface area contributed by atoms with E-state index in [1.165, 1.54) is 6.07 Å². The highest BCUT2D eigenvalue weighted by Gasteiger charge is 2.43. The number of aryl methyl sites for hydroxylation is 2. The summed E-state index contributed by atoms with van der Waals surface area (Å²) < 4.78 is 68.1. The van der Waals surface area contributed by atoms with E-state index in [1.807, 2.05) is 4.90 Å². The van der Waals surface area contributed by atoms with Gasteiger partial charge in [-0.3, -0.25) is 14.0 Å². The van der Waals surface area contributed by atoms with E-state index < -0.39 is 33.3 Å². The van der Waals surface area contributed by atoms with Crippen molar-refractivity contribution in [1.82, 2.24) is 14.2 Å². The third-order valence-electron chi connectivity index (χ3n) is 7.56. The Morgan fingerprint density at radius 2 is 1.64 bits per heavy atom. The number of fused-ring (bicyclic) bond motifs is 1. The summed E-state index contributed by atoms with van der Waals surface area (Å²) in [4.78, 5) is 21.9. The van der Waals surface area contributed by atoms with Crippen LogP contribution in [0.15, 0.2) is 71.4 Å². The molecule has 0 saturated carbocycles. The van der Waals surface area contributed by atoms with Gasteiger partial charge in [0.25, 0.3) is 10.0 Å². The van der Waals surface area contributed by atoms with Gasteiger partial charge in [0.15, 0.2) is 10.8 Å². The lowest BCUT2D eigenvalue weighted by Gasteiger charge is -2.37. The van der Waals surface area contributed by atoms with Gasteiger partial charge in [0.1, 0.15) is 5.70 Å². The van der Waals surface area contributed by atoms with E-state index >= 15 is 0 Å². The number of benzene rings is 2. The number of ketones is 1. The molecule has 1 N–H and O–H groups in total. The van der Waals surface area contributed by atoms with Crippen molar-refractivity contribution in [3.63, 3.8) is 0 Å². The number of hydrogen-bond acceptors (Lipinski definition) is 7. The molecular formula is C30H31F3N4O4S. The molecule has 1 saturated heterocycles. The van der Waals surface area contributed by atoms with E-state index in [4.69, 9.17) is 0 Å². The minimum atomic E-state index is -4.41. The lowest BCUT2D eigenvalue weighted by atomic mass is 10.0. The first-order valence-corrected chi connectivity index (χ1v) is 15.0.